The van der Waals surface area contributed by atoms with Crippen LogP contribution in [0.25, 0.3) is 11.4 Å². The van der Waals surface area contributed by atoms with Gasteiger partial charge in [0.2, 0.25) is 5.91 Å². The van der Waals surface area contributed by atoms with Gasteiger partial charge in [-0.25, -0.2) is 0 Å². The third kappa shape index (κ3) is 5.28. The maximum atomic E-state index is 12.8. The van der Waals surface area contributed by atoms with Crippen molar-refractivity contribution >= 4 is 23.4 Å². The number of thioether (sulfide) groups is 1. The zero-order valence-electron chi connectivity index (χ0n) is 19.0. The smallest absolute Gasteiger partial charge is 0.234 e. The number of ether oxygens (including phenoxy) is 1. The lowest BCUT2D eigenvalue weighted by Crippen LogP contribution is -2.18. The standard InChI is InChI=1S/C24H30N4O2S/c1-15(2)19-8-7-9-20(16(3)4)22(19)25-21(29)14-31-24-27-26-23(28(24)5)17-10-12-18(30-6)13-11-17/h7-13,15-16H,14H2,1-6H3,(H,25,29). The van der Waals surface area contributed by atoms with Crippen LogP contribution in [0.1, 0.15) is 50.7 Å². The third-order valence-corrected chi connectivity index (χ3v) is 6.17. The molecule has 1 heterocycles. The molecule has 0 saturated heterocycles. The van der Waals surface area contributed by atoms with Crippen LogP contribution in [0.3, 0.4) is 0 Å². The van der Waals surface area contributed by atoms with Gasteiger partial charge in [-0.15, -0.1) is 10.2 Å². The molecule has 164 valence electrons. The summed E-state index contributed by atoms with van der Waals surface area (Å²) in [6.07, 6.45) is 0. The van der Waals surface area contributed by atoms with E-state index in [1.807, 2.05) is 35.9 Å². The fraction of sp³-hybridized carbons (Fsp3) is 0.375. The lowest BCUT2D eigenvalue weighted by atomic mass is 9.92. The summed E-state index contributed by atoms with van der Waals surface area (Å²) in [6, 6.07) is 13.9. The van der Waals surface area contributed by atoms with E-state index in [1.165, 1.54) is 11.8 Å². The lowest BCUT2D eigenvalue weighted by Gasteiger charge is -2.20. The molecule has 31 heavy (non-hydrogen) atoms. The van der Waals surface area contributed by atoms with E-state index in [-0.39, 0.29) is 11.7 Å². The van der Waals surface area contributed by atoms with Crippen LogP contribution in [-0.2, 0) is 11.8 Å². The van der Waals surface area contributed by atoms with Crippen LogP contribution in [0.2, 0.25) is 0 Å². The first-order valence-corrected chi connectivity index (χ1v) is 11.4. The van der Waals surface area contributed by atoms with Crippen molar-refractivity contribution in [3.63, 3.8) is 0 Å². The summed E-state index contributed by atoms with van der Waals surface area (Å²) in [7, 11) is 3.55. The van der Waals surface area contributed by atoms with E-state index < -0.39 is 0 Å². The second-order valence-corrected chi connectivity index (χ2v) is 8.99. The predicted molar refractivity (Wildman–Crippen MR) is 127 cm³/mol. The molecule has 0 aliphatic carbocycles. The molecule has 6 nitrogen and oxygen atoms in total. The van der Waals surface area contributed by atoms with Crippen molar-refractivity contribution < 1.29 is 9.53 Å². The second kappa shape index (κ2) is 10.0. The number of carbonyl (C=O) groups is 1. The maximum Gasteiger partial charge on any atom is 0.234 e. The summed E-state index contributed by atoms with van der Waals surface area (Å²) in [5, 5.41) is 12.4. The fourth-order valence-corrected chi connectivity index (χ4v) is 4.14. The van der Waals surface area contributed by atoms with E-state index in [4.69, 9.17) is 4.74 Å². The molecule has 0 spiro atoms. The van der Waals surface area contributed by atoms with E-state index in [0.717, 1.165) is 34.0 Å². The highest BCUT2D eigenvalue weighted by atomic mass is 32.2. The monoisotopic (exact) mass is 438 g/mol. The number of methoxy groups -OCH3 is 1. The highest BCUT2D eigenvalue weighted by molar-refractivity contribution is 7.99. The van der Waals surface area contributed by atoms with Gasteiger partial charge in [-0.1, -0.05) is 57.7 Å². The number of hydrogen-bond donors (Lipinski definition) is 1. The van der Waals surface area contributed by atoms with Crippen molar-refractivity contribution in [2.45, 2.75) is 44.7 Å². The highest BCUT2D eigenvalue weighted by Gasteiger charge is 2.17. The number of benzene rings is 2. The van der Waals surface area contributed by atoms with Gasteiger partial charge in [0, 0.05) is 18.3 Å². The molecule has 0 atom stereocenters. The normalized spacial score (nSPS) is 11.2. The van der Waals surface area contributed by atoms with E-state index in [2.05, 4.69) is 61.4 Å². The number of aromatic nitrogens is 3. The Morgan fingerprint density at radius 1 is 1.03 bits per heavy atom. The first-order chi connectivity index (χ1) is 14.8. The zero-order chi connectivity index (χ0) is 22.5. The van der Waals surface area contributed by atoms with Gasteiger partial charge < -0.3 is 14.6 Å². The largest absolute Gasteiger partial charge is 0.497 e. The van der Waals surface area contributed by atoms with Gasteiger partial charge in [-0.2, -0.15) is 0 Å². The molecule has 2 aromatic carbocycles. The molecule has 3 rings (SSSR count). The van der Waals surface area contributed by atoms with Crippen LogP contribution < -0.4 is 10.1 Å². The minimum Gasteiger partial charge on any atom is -0.497 e. The number of anilines is 1. The molecule has 3 aromatic rings. The summed E-state index contributed by atoms with van der Waals surface area (Å²) >= 11 is 1.38. The number of carbonyl (C=O) groups excluding carboxylic acids is 1. The summed E-state index contributed by atoms with van der Waals surface area (Å²) < 4.78 is 7.11. The van der Waals surface area contributed by atoms with Gasteiger partial charge in [-0.05, 0) is 47.2 Å². The average Bonchev–Trinajstić information content (AvgIpc) is 3.12. The summed E-state index contributed by atoms with van der Waals surface area (Å²) in [5.41, 5.74) is 4.20. The van der Waals surface area contributed by atoms with Gasteiger partial charge in [0.25, 0.3) is 0 Å². The average molecular weight is 439 g/mol. The van der Waals surface area contributed by atoms with Gasteiger partial charge in [0.05, 0.1) is 12.9 Å². The molecule has 0 unspecified atom stereocenters. The molecule has 1 N–H and O–H groups in total. The van der Waals surface area contributed by atoms with Crippen LogP contribution in [0.5, 0.6) is 5.75 Å². The molecule has 1 amide bonds. The Bertz CT molecular complexity index is 1020. The Labute approximate surface area is 188 Å². The second-order valence-electron chi connectivity index (χ2n) is 8.05. The van der Waals surface area contributed by atoms with Crippen molar-refractivity contribution in [3.8, 4) is 17.1 Å². The molecule has 0 saturated carbocycles. The van der Waals surface area contributed by atoms with Gasteiger partial charge in [0.1, 0.15) is 5.75 Å². The number of amides is 1. The van der Waals surface area contributed by atoms with E-state index >= 15 is 0 Å². The SMILES string of the molecule is COc1ccc(-c2nnc(SCC(=O)Nc3c(C(C)C)cccc3C(C)C)n2C)cc1. The van der Waals surface area contributed by atoms with Crippen molar-refractivity contribution in [2.24, 2.45) is 7.05 Å². The summed E-state index contributed by atoms with van der Waals surface area (Å²) in [6.45, 7) is 8.57. The highest BCUT2D eigenvalue weighted by Crippen LogP contribution is 2.32. The fourth-order valence-electron chi connectivity index (χ4n) is 3.43. The molecular weight excluding hydrogens is 408 g/mol. The Kier molecular flexibility index (Phi) is 7.38. The molecule has 0 radical (unpaired) electrons. The molecule has 1 aromatic heterocycles. The third-order valence-electron chi connectivity index (χ3n) is 5.15. The Balaban J connectivity index is 1.72. The van der Waals surface area contributed by atoms with Gasteiger partial charge in [-0.3, -0.25) is 4.79 Å². The zero-order valence-corrected chi connectivity index (χ0v) is 19.8. The summed E-state index contributed by atoms with van der Waals surface area (Å²) in [5.74, 6) is 2.41. The first-order valence-electron chi connectivity index (χ1n) is 10.4. The Morgan fingerprint density at radius 3 is 2.19 bits per heavy atom. The molecule has 0 aliphatic heterocycles. The Hall–Kier alpha value is -2.80. The van der Waals surface area contributed by atoms with E-state index in [0.29, 0.717) is 17.0 Å². The van der Waals surface area contributed by atoms with Gasteiger partial charge >= 0.3 is 0 Å². The van der Waals surface area contributed by atoms with Crippen LogP contribution in [0.4, 0.5) is 5.69 Å². The summed E-state index contributed by atoms with van der Waals surface area (Å²) in [4.78, 5) is 12.8. The quantitative estimate of drug-likeness (QED) is 0.472. The molecular formula is C24H30N4O2S. The number of hydrogen-bond acceptors (Lipinski definition) is 5. The van der Waals surface area contributed by atoms with Crippen LogP contribution in [0, 0.1) is 0 Å². The molecule has 0 fully saturated rings. The molecule has 7 heteroatoms. The van der Waals surface area contributed by atoms with Crippen LogP contribution >= 0.6 is 11.8 Å². The van der Waals surface area contributed by atoms with Crippen molar-refractivity contribution in [1.29, 1.82) is 0 Å². The lowest BCUT2D eigenvalue weighted by molar-refractivity contribution is -0.113. The first kappa shape index (κ1) is 22.9. The molecule has 0 bridgehead atoms. The maximum absolute atomic E-state index is 12.8. The number of nitrogens with one attached hydrogen (secondary N) is 1. The topological polar surface area (TPSA) is 69.0 Å². The molecule has 0 aliphatic rings. The van der Waals surface area contributed by atoms with Crippen molar-refractivity contribution in [2.75, 3.05) is 18.2 Å². The van der Waals surface area contributed by atoms with Crippen LogP contribution in [-0.4, -0.2) is 33.5 Å². The van der Waals surface area contributed by atoms with Crippen molar-refractivity contribution in [1.82, 2.24) is 14.8 Å². The van der Waals surface area contributed by atoms with E-state index in [9.17, 15) is 4.79 Å². The Morgan fingerprint density at radius 2 is 1.65 bits per heavy atom. The van der Waals surface area contributed by atoms with Crippen LogP contribution in [0.15, 0.2) is 47.6 Å². The van der Waals surface area contributed by atoms with E-state index in [1.54, 1.807) is 7.11 Å². The number of para-hydroxylation sites is 1. The predicted octanol–water partition coefficient (Wildman–Crippen LogP) is 5.47. The van der Waals surface area contributed by atoms with Crippen molar-refractivity contribution in [3.05, 3.63) is 53.6 Å². The minimum atomic E-state index is -0.0472. The minimum absolute atomic E-state index is 0.0472. The number of nitrogens with zero attached hydrogens (tertiary/aromatic N) is 3. The van der Waals surface area contributed by atoms with Gasteiger partial charge in [0.15, 0.2) is 11.0 Å². The number of rotatable bonds is 8.